The van der Waals surface area contributed by atoms with Gasteiger partial charge in [-0.3, -0.25) is 9.80 Å². The van der Waals surface area contributed by atoms with E-state index in [1.165, 1.54) is 16.0 Å². The van der Waals surface area contributed by atoms with Crippen LogP contribution in [0.1, 0.15) is 25.0 Å². The molecule has 0 unspecified atom stereocenters. The highest BCUT2D eigenvalue weighted by atomic mass is 32.9. The number of piperazine rings is 2. The first-order valence-electron chi connectivity index (χ1n) is 13.5. The van der Waals surface area contributed by atoms with Crippen LogP contribution in [-0.4, -0.2) is 90.2 Å². The van der Waals surface area contributed by atoms with Gasteiger partial charge in [-0.1, -0.05) is 77.1 Å². The summed E-state index contributed by atoms with van der Waals surface area (Å²) in [5, 5.41) is 11.5. The van der Waals surface area contributed by atoms with Crippen LogP contribution in [0.5, 0.6) is 5.75 Å². The molecule has 2 aromatic carbocycles. The molecule has 1 aromatic heterocycles. The summed E-state index contributed by atoms with van der Waals surface area (Å²) < 4.78 is 0.939. The smallest absolute Gasteiger partial charge is 0.124 e. The van der Waals surface area contributed by atoms with E-state index >= 15 is 0 Å². The molecule has 3 heterocycles. The fourth-order valence-corrected chi connectivity index (χ4v) is 8.34. The van der Waals surface area contributed by atoms with Gasteiger partial charge in [0.2, 0.25) is 0 Å². The van der Waals surface area contributed by atoms with Gasteiger partial charge in [0.15, 0.2) is 0 Å². The van der Waals surface area contributed by atoms with Crippen molar-refractivity contribution in [3.63, 3.8) is 0 Å². The van der Waals surface area contributed by atoms with Gasteiger partial charge in [0.1, 0.15) is 9.57 Å². The van der Waals surface area contributed by atoms with Crippen molar-refractivity contribution < 1.29 is 5.11 Å². The van der Waals surface area contributed by atoms with Gasteiger partial charge in [-0.2, -0.15) is 0 Å². The Morgan fingerprint density at radius 1 is 0.703 bits per heavy atom. The fourth-order valence-electron chi connectivity index (χ4n) is 5.44. The third kappa shape index (κ3) is 6.33. The second kappa shape index (κ2) is 12.5. The topological polar surface area (TPSA) is 33.2 Å². The lowest BCUT2D eigenvalue weighted by molar-refractivity contribution is 0.128. The Bertz CT molecular complexity index is 1180. The lowest BCUT2D eigenvalue weighted by atomic mass is 9.98. The molecule has 0 spiro atoms. The van der Waals surface area contributed by atoms with E-state index in [1.807, 2.05) is 0 Å². The van der Waals surface area contributed by atoms with E-state index in [1.54, 1.807) is 20.7 Å². The average molecular weight is 555 g/mol. The molecule has 0 atom stereocenters. The lowest BCUT2D eigenvalue weighted by Gasteiger charge is -2.35. The summed E-state index contributed by atoms with van der Waals surface area (Å²) in [6.07, 6.45) is 0. The molecule has 3 aromatic rings. The van der Waals surface area contributed by atoms with Crippen LogP contribution in [0.15, 0.2) is 42.5 Å². The second-order valence-corrected chi connectivity index (χ2v) is 12.9. The normalized spacial score (nSPS) is 18.4. The number of hydrogen-bond acceptors (Lipinski definition) is 8. The third-order valence-electron chi connectivity index (χ3n) is 7.84. The molecule has 2 saturated heterocycles. The molecular weight excluding hydrogens is 517 g/mol. The molecule has 198 valence electrons. The zero-order valence-corrected chi connectivity index (χ0v) is 24.4. The number of phenols is 1. The average Bonchev–Trinajstić information content (AvgIpc) is 3.33. The quantitative estimate of drug-likeness (QED) is 0.278. The van der Waals surface area contributed by atoms with Crippen LogP contribution < -0.4 is 0 Å². The first kappa shape index (κ1) is 26.9. The van der Waals surface area contributed by atoms with Crippen LogP contribution in [0.25, 0.3) is 21.6 Å². The van der Waals surface area contributed by atoms with Crippen molar-refractivity contribution >= 4 is 32.9 Å². The highest BCUT2D eigenvalue weighted by molar-refractivity contribution is 7.80. The van der Waals surface area contributed by atoms with E-state index < -0.39 is 0 Å². The summed E-state index contributed by atoms with van der Waals surface area (Å²) >= 11 is 5.81. The molecule has 2 aliphatic heterocycles. The van der Waals surface area contributed by atoms with Crippen LogP contribution in [0, 0.1) is 3.82 Å². The molecule has 5 nitrogen and oxygen atoms in total. The summed E-state index contributed by atoms with van der Waals surface area (Å²) in [7, 11) is 3.44. The van der Waals surface area contributed by atoms with Gasteiger partial charge >= 0.3 is 0 Å². The number of phenolic OH excluding ortho intramolecular Hbond substituents is 1. The minimum atomic E-state index is 0.472. The Morgan fingerprint density at radius 2 is 1.19 bits per heavy atom. The number of benzene rings is 2. The van der Waals surface area contributed by atoms with Crippen LogP contribution >= 0.6 is 32.9 Å². The maximum atomic E-state index is 11.5. The van der Waals surface area contributed by atoms with Gasteiger partial charge in [0.05, 0.1) is 4.88 Å². The minimum Gasteiger partial charge on any atom is -0.507 e. The van der Waals surface area contributed by atoms with Crippen molar-refractivity contribution in [2.24, 2.45) is 0 Å². The van der Waals surface area contributed by atoms with Gasteiger partial charge in [0.25, 0.3) is 0 Å². The summed E-state index contributed by atoms with van der Waals surface area (Å²) in [6.45, 7) is 16.8. The second-order valence-electron chi connectivity index (χ2n) is 10.1. The SMILES string of the molecule is CCN1CCN(Cc2cc(-c3ssc(=S)c3-c3ccccc3)cc(CN3CCN(CC)CC3)c2O)CC1. The van der Waals surface area contributed by atoms with Crippen LogP contribution in [0.2, 0.25) is 0 Å². The fraction of sp³-hybridized carbons (Fsp3) is 0.483. The largest absolute Gasteiger partial charge is 0.507 e. The molecule has 37 heavy (non-hydrogen) atoms. The van der Waals surface area contributed by atoms with E-state index in [9.17, 15) is 5.11 Å². The molecule has 2 aliphatic rings. The van der Waals surface area contributed by atoms with E-state index in [0.29, 0.717) is 5.75 Å². The van der Waals surface area contributed by atoms with E-state index in [2.05, 4.69) is 75.9 Å². The Morgan fingerprint density at radius 3 is 1.68 bits per heavy atom. The zero-order chi connectivity index (χ0) is 25.8. The van der Waals surface area contributed by atoms with Crippen molar-refractivity contribution in [2.45, 2.75) is 26.9 Å². The monoisotopic (exact) mass is 554 g/mol. The molecule has 0 saturated carbocycles. The van der Waals surface area contributed by atoms with Gasteiger partial charge in [0, 0.05) is 82.1 Å². The number of likely N-dealkylation sites (N-methyl/N-ethyl adjacent to an activating group) is 2. The first-order valence-corrected chi connectivity index (χ1v) is 16.0. The predicted octanol–water partition coefficient (Wildman–Crippen LogP) is 5.85. The molecule has 5 rings (SSSR count). The minimum absolute atomic E-state index is 0.472. The van der Waals surface area contributed by atoms with Gasteiger partial charge in [-0.25, -0.2) is 0 Å². The van der Waals surface area contributed by atoms with E-state index in [0.717, 1.165) is 99.1 Å². The molecule has 0 bridgehead atoms. The Balaban J connectivity index is 1.49. The summed E-state index contributed by atoms with van der Waals surface area (Å²) in [5.74, 6) is 0.472. The van der Waals surface area contributed by atoms with Crippen LogP contribution in [0.4, 0.5) is 0 Å². The predicted molar refractivity (Wildman–Crippen MR) is 160 cm³/mol. The summed E-state index contributed by atoms with van der Waals surface area (Å²) in [5.41, 5.74) is 5.57. The van der Waals surface area contributed by atoms with Gasteiger partial charge in [-0.15, -0.1) is 0 Å². The standard InChI is InChI=1S/C29H38N4OS3/c1-3-30-10-14-32(15-11-30)20-24-18-23(28-26(29(35)37-36-28)22-8-6-5-7-9-22)19-25(27(24)34)21-33-16-12-31(4-2)13-17-33/h5-9,18-19,34H,3-4,10-17,20-21H2,1-2H3. The molecular formula is C29H38N4OS3. The number of hydrogen-bond donors (Lipinski definition) is 1. The van der Waals surface area contributed by atoms with Crippen molar-refractivity contribution in [3.05, 3.63) is 57.4 Å². The Kier molecular flexibility index (Phi) is 9.08. The molecule has 2 fully saturated rings. The molecule has 1 N–H and O–H groups in total. The molecule has 0 aliphatic carbocycles. The highest BCUT2D eigenvalue weighted by Crippen LogP contribution is 2.43. The first-order chi connectivity index (χ1) is 18.1. The van der Waals surface area contributed by atoms with E-state index in [4.69, 9.17) is 12.2 Å². The van der Waals surface area contributed by atoms with Gasteiger partial charge < -0.3 is 14.9 Å². The molecule has 8 heteroatoms. The zero-order valence-electron chi connectivity index (χ0n) is 22.0. The lowest BCUT2D eigenvalue weighted by Crippen LogP contribution is -2.45. The highest BCUT2D eigenvalue weighted by Gasteiger charge is 2.23. The Labute approximate surface area is 234 Å². The number of rotatable bonds is 8. The number of aromatic hydroxyl groups is 1. The van der Waals surface area contributed by atoms with Crippen molar-refractivity contribution in [2.75, 3.05) is 65.4 Å². The summed E-state index contributed by atoms with van der Waals surface area (Å²) in [4.78, 5) is 11.2. The van der Waals surface area contributed by atoms with Crippen molar-refractivity contribution in [1.29, 1.82) is 0 Å². The molecule has 0 radical (unpaired) electrons. The number of nitrogens with zero attached hydrogens (tertiary/aromatic N) is 4. The van der Waals surface area contributed by atoms with E-state index in [-0.39, 0.29) is 0 Å². The maximum Gasteiger partial charge on any atom is 0.124 e. The summed E-state index contributed by atoms with van der Waals surface area (Å²) in [6, 6.07) is 15.0. The van der Waals surface area contributed by atoms with Crippen molar-refractivity contribution in [1.82, 2.24) is 19.6 Å². The van der Waals surface area contributed by atoms with Crippen molar-refractivity contribution in [3.8, 4) is 27.3 Å². The Hall–Kier alpha value is -1.65. The van der Waals surface area contributed by atoms with Gasteiger partial charge in [-0.05, 0) is 36.3 Å². The van der Waals surface area contributed by atoms with Crippen LogP contribution in [0.3, 0.4) is 0 Å². The molecule has 0 amide bonds. The third-order valence-corrected chi connectivity index (χ3v) is 10.9. The maximum absolute atomic E-state index is 11.5. The van der Waals surface area contributed by atoms with Crippen LogP contribution in [-0.2, 0) is 13.1 Å².